The van der Waals surface area contributed by atoms with Gasteiger partial charge < -0.3 is 24.8 Å². The van der Waals surface area contributed by atoms with Gasteiger partial charge in [0.1, 0.15) is 24.3 Å². The summed E-state index contributed by atoms with van der Waals surface area (Å²) in [6.45, 7) is 5.00. The number of carbonyl (C=O) groups is 3. The monoisotopic (exact) mass is 460 g/mol. The lowest BCUT2D eigenvalue weighted by molar-refractivity contribution is -0.145. The van der Waals surface area contributed by atoms with Crippen molar-refractivity contribution < 1.29 is 28.6 Å². The average Bonchev–Trinajstić information content (AvgIpc) is 2.74. The van der Waals surface area contributed by atoms with E-state index in [-0.39, 0.29) is 13.0 Å². The van der Waals surface area contributed by atoms with Gasteiger partial charge in [-0.25, -0.2) is 14.4 Å². The molecule has 1 atom stereocenters. The van der Waals surface area contributed by atoms with Gasteiger partial charge in [0.15, 0.2) is 6.61 Å². The topological polar surface area (TPSA) is 176 Å². The molecule has 0 saturated carbocycles. The van der Waals surface area contributed by atoms with Gasteiger partial charge >= 0.3 is 18.2 Å². The first kappa shape index (κ1) is 27.1. The van der Waals surface area contributed by atoms with Gasteiger partial charge in [-0.1, -0.05) is 29.4 Å². The van der Waals surface area contributed by atoms with Gasteiger partial charge in [0.25, 0.3) is 0 Å². The molecule has 0 fully saturated rings. The van der Waals surface area contributed by atoms with Gasteiger partial charge in [0.2, 0.25) is 0 Å². The van der Waals surface area contributed by atoms with Crippen molar-refractivity contribution in [2.75, 3.05) is 13.2 Å². The van der Waals surface area contributed by atoms with Crippen LogP contribution in [0.4, 0.5) is 15.3 Å². The van der Waals surface area contributed by atoms with Crippen molar-refractivity contribution in [1.29, 1.82) is 5.26 Å². The zero-order chi connectivity index (χ0) is 24.7. The molecule has 1 rings (SSSR count). The van der Waals surface area contributed by atoms with Gasteiger partial charge in [0, 0.05) is 17.1 Å². The van der Waals surface area contributed by atoms with Crippen LogP contribution in [0.2, 0.25) is 0 Å². The summed E-state index contributed by atoms with van der Waals surface area (Å²) in [6, 6.07) is 7.30. The maximum absolute atomic E-state index is 12.1. The van der Waals surface area contributed by atoms with E-state index in [9.17, 15) is 14.4 Å². The van der Waals surface area contributed by atoms with E-state index in [2.05, 4.69) is 20.7 Å². The van der Waals surface area contributed by atoms with Crippen LogP contribution in [0.1, 0.15) is 45.6 Å². The number of azide groups is 1. The maximum atomic E-state index is 12.1. The number of hydrogen-bond acceptors (Lipinski definition) is 8. The number of nitrogens with one attached hydrogen (secondary N) is 2. The molecule has 12 heteroatoms. The highest BCUT2D eigenvalue weighted by Crippen LogP contribution is 2.14. The highest BCUT2D eigenvalue weighted by atomic mass is 16.6. The average molecular weight is 460 g/mol. The first-order valence-electron chi connectivity index (χ1n) is 10.2. The highest BCUT2D eigenvalue weighted by Gasteiger charge is 2.25. The third-order valence-electron chi connectivity index (χ3n) is 3.91. The van der Waals surface area contributed by atoms with E-state index in [4.69, 9.17) is 25.0 Å². The Hall–Kier alpha value is -3.97. The number of carbonyl (C=O) groups excluding carboxylic acids is 3. The number of benzene rings is 1. The second kappa shape index (κ2) is 14.2. The summed E-state index contributed by atoms with van der Waals surface area (Å²) >= 11 is 0. The Kier molecular flexibility index (Phi) is 11.6. The molecule has 0 aliphatic rings. The Balaban J connectivity index is 2.38. The Morgan fingerprint density at radius 3 is 2.45 bits per heavy atom. The van der Waals surface area contributed by atoms with Crippen LogP contribution in [-0.2, 0) is 25.6 Å². The predicted octanol–water partition coefficient (Wildman–Crippen LogP) is 3.98. The standard InChI is InChI=1S/C21H28N6O6/c1-21(2,3)33-20(30)25-17(18(28)31-13-11-22)6-4-5-12-24-19(29)32-14-15-7-9-16(10-8-15)26-27-23/h7-10,17H,4-6,12-14H2,1-3H3,(H,24,29)(H,25,30). The molecular weight excluding hydrogens is 432 g/mol. The van der Waals surface area contributed by atoms with Crippen molar-refractivity contribution in [3.63, 3.8) is 0 Å². The zero-order valence-electron chi connectivity index (χ0n) is 18.9. The van der Waals surface area contributed by atoms with Crippen LogP contribution in [0.5, 0.6) is 0 Å². The Bertz CT molecular complexity index is 884. The predicted molar refractivity (Wildman–Crippen MR) is 117 cm³/mol. The van der Waals surface area contributed by atoms with E-state index in [1.165, 1.54) is 0 Å². The molecule has 0 spiro atoms. The minimum Gasteiger partial charge on any atom is -0.449 e. The molecule has 178 valence electrons. The Morgan fingerprint density at radius 2 is 1.85 bits per heavy atom. The molecule has 12 nitrogen and oxygen atoms in total. The van der Waals surface area contributed by atoms with Crippen LogP contribution in [0, 0.1) is 11.3 Å². The fourth-order valence-electron chi connectivity index (χ4n) is 2.48. The molecule has 2 N–H and O–H groups in total. The van der Waals surface area contributed by atoms with Gasteiger partial charge in [-0.15, -0.1) is 0 Å². The lowest BCUT2D eigenvalue weighted by Gasteiger charge is -2.22. The second-order valence-corrected chi connectivity index (χ2v) is 7.82. The highest BCUT2D eigenvalue weighted by molar-refractivity contribution is 5.81. The first-order chi connectivity index (χ1) is 15.6. The summed E-state index contributed by atoms with van der Waals surface area (Å²) < 4.78 is 15.0. The van der Waals surface area contributed by atoms with Crippen molar-refractivity contribution in [3.8, 4) is 6.07 Å². The van der Waals surface area contributed by atoms with Crippen molar-refractivity contribution in [2.45, 2.75) is 58.3 Å². The molecule has 0 radical (unpaired) electrons. The SMILES string of the molecule is CC(C)(C)OC(=O)NC(CCCCNC(=O)OCc1ccc(N=[N+]=[N-])cc1)C(=O)OCC#N. The van der Waals surface area contributed by atoms with Crippen LogP contribution in [-0.4, -0.2) is 43.0 Å². The smallest absolute Gasteiger partial charge is 0.408 e. The number of unbranched alkanes of at least 4 members (excludes halogenated alkanes) is 1. The van der Waals surface area contributed by atoms with E-state index >= 15 is 0 Å². The van der Waals surface area contributed by atoms with E-state index in [0.717, 1.165) is 5.56 Å². The van der Waals surface area contributed by atoms with Crippen molar-refractivity contribution in [2.24, 2.45) is 5.11 Å². The summed E-state index contributed by atoms with van der Waals surface area (Å²) in [7, 11) is 0. The van der Waals surface area contributed by atoms with Crippen molar-refractivity contribution in [1.82, 2.24) is 10.6 Å². The molecule has 0 bridgehead atoms. The van der Waals surface area contributed by atoms with Gasteiger partial charge in [0.05, 0.1) is 0 Å². The summed E-state index contributed by atoms with van der Waals surface area (Å²) in [5, 5.41) is 17.1. The molecular formula is C21H28N6O6. The van der Waals surface area contributed by atoms with E-state index in [1.807, 2.05) is 0 Å². The van der Waals surface area contributed by atoms with E-state index in [0.29, 0.717) is 25.1 Å². The zero-order valence-corrected chi connectivity index (χ0v) is 18.9. The van der Waals surface area contributed by atoms with Crippen LogP contribution in [0.25, 0.3) is 10.4 Å². The molecule has 0 saturated heterocycles. The molecule has 0 aliphatic heterocycles. The van der Waals surface area contributed by atoms with Crippen molar-refractivity contribution in [3.05, 3.63) is 40.3 Å². The molecule has 1 aromatic rings. The summed E-state index contributed by atoms with van der Waals surface area (Å²) in [6.07, 6.45) is -0.156. The third-order valence-corrected chi connectivity index (χ3v) is 3.91. The molecule has 0 aliphatic carbocycles. The third kappa shape index (κ3) is 12.5. The lowest BCUT2D eigenvalue weighted by Crippen LogP contribution is -2.44. The minimum atomic E-state index is -0.978. The number of nitriles is 1. The Labute approximate surface area is 191 Å². The molecule has 1 aromatic carbocycles. The number of hydrogen-bond donors (Lipinski definition) is 2. The van der Waals surface area contributed by atoms with Gasteiger partial charge in [-0.2, -0.15) is 5.26 Å². The number of esters is 1. The van der Waals surface area contributed by atoms with Crippen LogP contribution in [0.15, 0.2) is 29.4 Å². The number of rotatable bonds is 11. The molecule has 0 aromatic heterocycles. The molecule has 0 heterocycles. The normalized spacial score (nSPS) is 11.2. The van der Waals surface area contributed by atoms with Crippen LogP contribution >= 0.6 is 0 Å². The fraction of sp³-hybridized carbons (Fsp3) is 0.524. The number of amides is 2. The summed E-state index contributed by atoms with van der Waals surface area (Å²) in [4.78, 5) is 38.6. The minimum absolute atomic E-state index is 0.0506. The largest absolute Gasteiger partial charge is 0.449 e. The Morgan fingerprint density at radius 1 is 1.15 bits per heavy atom. The molecule has 2 amide bonds. The summed E-state index contributed by atoms with van der Waals surface area (Å²) in [5.41, 5.74) is 8.84. The molecule has 33 heavy (non-hydrogen) atoms. The van der Waals surface area contributed by atoms with E-state index < -0.39 is 36.4 Å². The van der Waals surface area contributed by atoms with E-state index in [1.54, 1.807) is 51.1 Å². The van der Waals surface area contributed by atoms with Crippen LogP contribution in [0.3, 0.4) is 0 Å². The lowest BCUT2D eigenvalue weighted by atomic mass is 10.1. The quantitative estimate of drug-likeness (QED) is 0.125. The number of nitrogens with zero attached hydrogens (tertiary/aromatic N) is 4. The fourth-order valence-corrected chi connectivity index (χ4v) is 2.48. The van der Waals surface area contributed by atoms with Crippen LogP contribution < -0.4 is 10.6 Å². The van der Waals surface area contributed by atoms with Gasteiger partial charge in [-0.05, 0) is 51.1 Å². The molecule has 1 unspecified atom stereocenters. The number of alkyl carbamates (subject to hydrolysis) is 2. The number of ether oxygens (including phenoxy) is 3. The maximum Gasteiger partial charge on any atom is 0.408 e. The second-order valence-electron chi connectivity index (χ2n) is 7.82. The van der Waals surface area contributed by atoms with Crippen molar-refractivity contribution >= 4 is 23.8 Å². The van der Waals surface area contributed by atoms with Gasteiger partial charge in [-0.3, -0.25) is 0 Å². The summed E-state index contributed by atoms with van der Waals surface area (Å²) in [5.74, 6) is -0.735. The first-order valence-corrected chi connectivity index (χ1v) is 10.2.